The molecule has 0 N–H and O–H groups in total. The van der Waals surface area contributed by atoms with E-state index in [1.807, 2.05) is 0 Å². The fourth-order valence-electron chi connectivity index (χ4n) is 1.98. The highest BCUT2D eigenvalue weighted by molar-refractivity contribution is 4.63. The monoisotopic (exact) mass is 230 g/mol. The van der Waals surface area contributed by atoms with Gasteiger partial charge < -0.3 is 14.4 Å². The van der Waals surface area contributed by atoms with Gasteiger partial charge in [-0.1, -0.05) is 0 Å². The third-order valence-electron chi connectivity index (χ3n) is 3.01. The van der Waals surface area contributed by atoms with Crippen LogP contribution >= 0.6 is 0 Å². The van der Waals surface area contributed by atoms with Gasteiger partial charge in [0.25, 0.3) is 0 Å². The quantitative estimate of drug-likeness (QED) is 0.572. The number of ether oxygens (including phenoxy) is 2. The molecule has 4 nitrogen and oxygen atoms in total. The molecule has 0 amide bonds. The molecule has 96 valence electrons. The first kappa shape index (κ1) is 13.9. The van der Waals surface area contributed by atoms with E-state index in [-0.39, 0.29) is 0 Å². The van der Waals surface area contributed by atoms with Crippen molar-refractivity contribution in [1.82, 2.24) is 9.80 Å². The number of methoxy groups -OCH3 is 1. The summed E-state index contributed by atoms with van der Waals surface area (Å²) in [6, 6.07) is 0. The van der Waals surface area contributed by atoms with Crippen LogP contribution in [0, 0.1) is 0 Å². The lowest BCUT2D eigenvalue weighted by atomic mass is 10.3. The van der Waals surface area contributed by atoms with Crippen LogP contribution in [0.4, 0.5) is 0 Å². The summed E-state index contributed by atoms with van der Waals surface area (Å²) in [5.41, 5.74) is 0. The van der Waals surface area contributed by atoms with Crippen LogP contribution < -0.4 is 0 Å². The molecule has 1 rings (SSSR count). The van der Waals surface area contributed by atoms with Crippen LogP contribution in [0.1, 0.15) is 12.8 Å². The summed E-state index contributed by atoms with van der Waals surface area (Å²) >= 11 is 0. The molecule has 16 heavy (non-hydrogen) atoms. The van der Waals surface area contributed by atoms with Crippen molar-refractivity contribution in [3.05, 3.63) is 0 Å². The molecular formula is C12H26N2O2. The summed E-state index contributed by atoms with van der Waals surface area (Å²) in [6.45, 7) is 8.41. The van der Waals surface area contributed by atoms with Crippen LogP contribution in [0.15, 0.2) is 0 Å². The van der Waals surface area contributed by atoms with Crippen molar-refractivity contribution >= 4 is 0 Å². The topological polar surface area (TPSA) is 24.9 Å². The molecule has 1 fully saturated rings. The average Bonchev–Trinajstić information content (AvgIpc) is 2.31. The normalized spacial score (nSPS) is 18.2. The SMILES string of the molecule is COCCCN(C)CCCN1CCOCC1. The number of nitrogens with zero attached hydrogens (tertiary/aromatic N) is 2. The fourth-order valence-corrected chi connectivity index (χ4v) is 1.98. The highest BCUT2D eigenvalue weighted by Gasteiger charge is 2.09. The number of morpholine rings is 1. The minimum Gasteiger partial charge on any atom is -0.385 e. The van der Waals surface area contributed by atoms with Crippen molar-refractivity contribution in [3.8, 4) is 0 Å². The smallest absolute Gasteiger partial charge is 0.0594 e. The zero-order valence-electron chi connectivity index (χ0n) is 10.8. The number of rotatable bonds is 8. The Kier molecular flexibility index (Phi) is 7.76. The van der Waals surface area contributed by atoms with E-state index in [0.29, 0.717) is 0 Å². The second-order valence-electron chi connectivity index (χ2n) is 4.46. The summed E-state index contributed by atoms with van der Waals surface area (Å²) in [5, 5.41) is 0. The van der Waals surface area contributed by atoms with Gasteiger partial charge in [0.05, 0.1) is 13.2 Å². The second-order valence-corrected chi connectivity index (χ2v) is 4.46. The van der Waals surface area contributed by atoms with E-state index < -0.39 is 0 Å². The number of hydrogen-bond acceptors (Lipinski definition) is 4. The summed E-state index contributed by atoms with van der Waals surface area (Å²) in [7, 11) is 3.95. The summed E-state index contributed by atoms with van der Waals surface area (Å²) < 4.78 is 10.4. The van der Waals surface area contributed by atoms with Gasteiger partial charge >= 0.3 is 0 Å². The van der Waals surface area contributed by atoms with Gasteiger partial charge in [0, 0.05) is 33.4 Å². The van der Waals surface area contributed by atoms with Gasteiger partial charge in [-0.2, -0.15) is 0 Å². The zero-order valence-corrected chi connectivity index (χ0v) is 10.8. The van der Waals surface area contributed by atoms with Gasteiger partial charge in [-0.05, 0) is 33.0 Å². The maximum absolute atomic E-state index is 5.33. The average molecular weight is 230 g/mol. The van der Waals surface area contributed by atoms with E-state index in [1.54, 1.807) is 7.11 Å². The second kappa shape index (κ2) is 8.93. The molecule has 0 aromatic heterocycles. The van der Waals surface area contributed by atoms with Gasteiger partial charge in [-0.15, -0.1) is 0 Å². The molecule has 0 unspecified atom stereocenters. The third-order valence-corrected chi connectivity index (χ3v) is 3.01. The van der Waals surface area contributed by atoms with Crippen LogP contribution in [-0.4, -0.2) is 76.5 Å². The molecule has 1 heterocycles. The summed E-state index contributed by atoms with van der Waals surface area (Å²) in [4.78, 5) is 4.88. The lowest BCUT2D eigenvalue weighted by molar-refractivity contribution is 0.0363. The van der Waals surface area contributed by atoms with Crippen molar-refractivity contribution in [2.45, 2.75) is 12.8 Å². The first-order valence-electron chi connectivity index (χ1n) is 6.30. The molecular weight excluding hydrogens is 204 g/mol. The Morgan fingerprint density at radius 2 is 1.88 bits per heavy atom. The van der Waals surface area contributed by atoms with Crippen molar-refractivity contribution in [2.75, 3.05) is 66.7 Å². The Bertz CT molecular complexity index is 161. The van der Waals surface area contributed by atoms with E-state index in [0.717, 1.165) is 45.9 Å². The van der Waals surface area contributed by atoms with Crippen molar-refractivity contribution in [3.63, 3.8) is 0 Å². The molecule has 0 bridgehead atoms. The summed E-state index contributed by atoms with van der Waals surface area (Å²) in [5.74, 6) is 0. The maximum atomic E-state index is 5.33. The Morgan fingerprint density at radius 3 is 2.56 bits per heavy atom. The Balaban J connectivity index is 1.92. The van der Waals surface area contributed by atoms with Crippen LogP contribution in [0.5, 0.6) is 0 Å². The van der Waals surface area contributed by atoms with E-state index in [2.05, 4.69) is 16.8 Å². The van der Waals surface area contributed by atoms with Gasteiger partial charge in [0.15, 0.2) is 0 Å². The molecule has 0 spiro atoms. The largest absolute Gasteiger partial charge is 0.385 e. The third kappa shape index (κ3) is 6.43. The first-order valence-corrected chi connectivity index (χ1v) is 6.30. The predicted molar refractivity (Wildman–Crippen MR) is 65.9 cm³/mol. The van der Waals surface area contributed by atoms with Gasteiger partial charge in [0.2, 0.25) is 0 Å². The zero-order chi connectivity index (χ0) is 11.6. The molecule has 1 aliphatic heterocycles. The molecule has 1 aliphatic rings. The fraction of sp³-hybridized carbons (Fsp3) is 1.00. The molecule has 0 aliphatic carbocycles. The molecule has 0 aromatic carbocycles. The predicted octanol–water partition coefficient (Wildman–Crippen LogP) is 0.677. The molecule has 0 atom stereocenters. The molecule has 4 heteroatoms. The van der Waals surface area contributed by atoms with Gasteiger partial charge in [0.1, 0.15) is 0 Å². The van der Waals surface area contributed by atoms with Crippen molar-refractivity contribution in [1.29, 1.82) is 0 Å². The maximum Gasteiger partial charge on any atom is 0.0594 e. The van der Waals surface area contributed by atoms with Crippen LogP contribution in [0.25, 0.3) is 0 Å². The summed E-state index contributed by atoms with van der Waals surface area (Å²) in [6.07, 6.45) is 2.38. The Labute approximate surface area is 99.5 Å². The lowest BCUT2D eigenvalue weighted by Gasteiger charge is -2.27. The molecule has 1 saturated heterocycles. The van der Waals surface area contributed by atoms with Gasteiger partial charge in [-0.25, -0.2) is 0 Å². The van der Waals surface area contributed by atoms with Crippen LogP contribution in [-0.2, 0) is 9.47 Å². The minimum atomic E-state index is 0.869. The van der Waals surface area contributed by atoms with E-state index in [9.17, 15) is 0 Å². The lowest BCUT2D eigenvalue weighted by Crippen LogP contribution is -2.38. The van der Waals surface area contributed by atoms with Crippen molar-refractivity contribution < 1.29 is 9.47 Å². The molecule has 0 aromatic rings. The molecule has 0 radical (unpaired) electrons. The van der Waals surface area contributed by atoms with Crippen LogP contribution in [0.3, 0.4) is 0 Å². The standard InChI is InChI=1S/C12H26N2O2/c1-13(6-4-10-15-2)5-3-7-14-8-11-16-12-9-14/h3-12H2,1-2H3. The van der Waals surface area contributed by atoms with Gasteiger partial charge in [-0.3, -0.25) is 4.90 Å². The van der Waals surface area contributed by atoms with Crippen LogP contribution in [0.2, 0.25) is 0 Å². The van der Waals surface area contributed by atoms with E-state index >= 15 is 0 Å². The Morgan fingerprint density at radius 1 is 1.19 bits per heavy atom. The molecule has 0 saturated carbocycles. The highest BCUT2D eigenvalue weighted by atomic mass is 16.5. The first-order chi connectivity index (χ1) is 7.83. The minimum absolute atomic E-state index is 0.869. The number of hydrogen-bond donors (Lipinski definition) is 0. The van der Waals surface area contributed by atoms with Crippen molar-refractivity contribution in [2.24, 2.45) is 0 Å². The van der Waals surface area contributed by atoms with E-state index in [1.165, 1.54) is 19.5 Å². The highest BCUT2D eigenvalue weighted by Crippen LogP contribution is 1.99. The van der Waals surface area contributed by atoms with E-state index in [4.69, 9.17) is 9.47 Å². The Hall–Kier alpha value is -0.160.